The van der Waals surface area contributed by atoms with Gasteiger partial charge in [-0.1, -0.05) is 30.3 Å². The second-order valence-corrected chi connectivity index (χ2v) is 5.52. The van der Waals surface area contributed by atoms with Gasteiger partial charge < -0.3 is 4.57 Å². The van der Waals surface area contributed by atoms with E-state index in [1.54, 1.807) is 12.3 Å². The lowest BCUT2D eigenvalue weighted by molar-refractivity contribution is -0.385. The first kappa shape index (κ1) is 14.3. The monoisotopic (exact) mass is 312 g/mol. The molecule has 22 heavy (non-hydrogen) atoms. The van der Waals surface area contributed by atoms with E-state index in [1.807, 2.05) is 29.0 Å². The van der Waals surface area contributed by atoms with Crippen molar-refractivity contribution in [3.8, 4) is 0 Å². The van der Waals surface area contributed by atoms with E-state index in [9.17, 15) is 10.1 Å². The number of nitro groups is 1. The number of pyridine rings is 1. The maximum atomic E-state index is 10.6. The van der Waals surface area contributed by atoms with Crippen molar-refractivity contribution in [2.24, 2.45) is 0 Å². The Morgan fingerprint density at radius 2 is 1.95 bits per heavy atom. The predicted octanol–water partition coefficient (Wildman–Crippen LogP) is 3.39. The standard InChI is InChI=1S/C15H12N4O2S/c20-19(21)13-6-7-14(17-10-13)22-15-16-8-9-18(15)11-12-4-2-1-3-5-12/h1-10H,11H2. The Labute approximate surface area is 131 Å². The largest absolute Gasteiger partial charge is 0.321 e. The van der Waals surface area contributed by atoms with E-state index in [0.29, 0.717) is 5.03 Å². The van der Waals surface area contributed by atoms with Crippen molar-refractivity contribution in [1.82, 2.24) is 14.5 Å². The van der Waals surface area contributed by atoms with E-state index in [4.69, 9.17) is 0 Å². The van der Waals surface area contributed by atoms with Gasteiger partial charge in [-0.2, -0.15) is 0 Å². The first-order valence-corrected chi connectivity index (χ1v) is 7.37. The Bertz CT molecular complexity index is 772. The van der Waals surface area contributed by atoms with Crippen LogP contribution in [0.15, 0.2) is 71.2 Å². The third kappa shape index (κ3) is 3.32. The zero-order valence-corrected chi connectivity index (χ0v) is 12.3. The highest BCUT2D eigenvalue weighted by Crippen LogP contribution is 2.26. The van der Waals surface area contributed by atoms with Crippen molar-refractivity contribution in [2.45, 2.75) is 16.7 Å². The summed E-state index contributed by atoms with van der Waals surface area (Å²) in [4.78, 5) is 18.6. The van der Waals surface area contributed by atoms with Crippen molar-refractivity contribution in [1.29, 1.82) is 0 Å². The number of imidazole rings is 1. The Morgan fingerprint density at radius 1 is 1.14 bits per heavy atom. The fourth-order valence-corrected chi connectivity index (χ4v) is 2.72. The summed E-state index contributed by atoms with van der Waals surface area (Å²) in [6.07, 6.45) is 4.89. The molecule has 3 aromatic rings. The minimum absolute atomic E-state index is 0.0167. The minimum Gasteiger partial charge on any atom is -0.321 e. The van der Waals surface area contributed by atoms with Crippen molar-refractivity contribution in [3.63, 3.8) is 0 Å². The molecular formula is C15H12N4O2S. The maximum absolute atomic E-state index is 10.6. The fraction of sp³-hybridized carbons (Fsp3) is 0.0667. The van der Waals surface area contributed by atoms with Crippen molar-refractivity contribution < 1.29 is 4.92 Å². The van der Waals surface area contributed by atoms with Gasteiger partial charge in [-0.15, -0.1) is 0 Å². The summed E-state index contributed by atoms with van der Waals surface area (Å²) < 4.78 is 2.02. The highest BCUT2D eigenvalue weighted by Gasteiger charge is 2.09. The lowest BCUT2D eigenvalue weighted by Gasteiger charge is -2.07. The molecule has 2 heterocycles. The van der Waals surface area contributed by atoms with Crippen LogP contribution in [0.2, 0.25) is 0 Å². The molecule has 0 unspecified atom stereocenters. The Hall–Kier alpha value is -2.67. The van der Waals surface area contributed by atoms with E-state index in [2.05, 4.69) is 22.1 Å². The van der Waals surface area contributed by atoms with Gasteiger partial charge in [0.1, 0.15) is 11.2 Å². The number of rotatable bonds is 5. The molecule has 0 amide bonds. The van der Waals surface area contributed by atoms with Crippen LogP contribution in [-0.2, 0) is 6.54 Å². The molecule has 0 aliphatic heterocycles. The first-order chi connectivity index (χ1) is 10.7. The average Bonchev–Trinajstić information content (AvgIpc) is 2.96. The van der Waals surface area contributed by atoms with Crippen molar-refractivity contribution in [2.75, 3.05) is 0 Å². The Kier molecular flexibility index (Phi) is 4.15. The Balaban J connectivity index is 1.76. The van der Waals surface area contributed by atoms with Crippen LogP contribution in [0, 0.1) is 10.1 Å². The van der Waals surface area contributed by atoms with Crippen LogP contribution in [0.3, 0.4) is 0 Å². The summed E-state index contributed by atoms with van der Waals surface area (Å²) in [7, 11) is 0. The topological polar surface area (TPSA) is 73.8 Å². The molecule has 0 bridgehead atoms. The molecule has 2 aromatic heterocycles. The number of hydrogen-bond donors (Lipinski definition) is 0. The number of hydrogen-bond acceptors (Lipinski definition) is 5. The lowest BCUT2D eigenvalue weighted by atomic mass is 10.2. The molecule has 0 N–H and O–H groups in total. The van der Waals surface area contributed by atoms with Crippen LogP contribution in [-0.4, -0.2) is 19.5 Å². The molecule has 0 saturated carbocycles. The highest BCUT2D eigenvalue weighted by molar-refractivity contribution is 7.99. The van der Waals surface area contributed by atoms with E-state index in [0.717, 1.165) is 11.7 Å². The van der Waals surface area contributed by atoms with Crippen LogP contribution in [0.4, 0.5) is 5.69 Å². The number of nitrogens with zero attached hydrogens (tertiary/aromatic N) is 4. The summed E-state index contributed by atoms with van der Waals surface area (Å²) >= 11 is 1.38. The minimum atomic E-state index is -0.461. The van der Waals surface area contributed by atoms with Crippen molar-refractivity contribution >= 4 is 17.4 Å². The molecule has 110 valence electrons. The second-order valence-electron chi connectivity index (χ2n) is 4.54. The van der Waals surface area contributed by atoms with Gasteiger partial charge in [-0.25, -0.2) is 9.97 Å². The number of benzene rings is 1. The van der Waals surface area contributed by atoms with Gasteiger partial charge in [-0.05, 0) is 23.4 Å². The van der Waals surface area contributed by atoms with Crippen LogP contribution >= 0.6 is 11.8 Å². The Morgan fingerprint density at radius 3 is 2.64 bits per heavy atom. The summed E-state index contributed by atoms with van der Waals surface area (Å²) in [5.74, 6) is 0. The molecular weight excluding hydrogens is 300 g/mol. The van der Waals surface area contributed by atoms with Gasteiger partial charge in [0.25, 0.3) is 5.69 Å². The van der Waals surface area contributed by atoms with Gasteiger partial charge in [0.2, 0.25) is 0 Å². The third-order valence-corrected chi connectivity index (χ3v) is 3.97. The third-order valence-electron chi connectivity index (χ3n) is 3.00. The summed E-state index contributed by atoms with van der Waals surface area (Å²) in [5.41, 5.74) is 1.16. The SMILES string of the molecule is O=[N+]([O-])c1ccc(Sc2nccn2Cc2ccccc2)nc1. The zero-order chi connectivity index (χ0) is 15.4. The van der Waals surface area contributed by atoms with Crippen LogP contribution in [0.25, 0.3) is 0 Å². The predicted molar refractivity (Wildman–Crippen MR) is 82.8 cm³/mol. The smallest absolute Gasteiger partial charge is 0.287 e. The first-order valence-electron chi connectivity index (χ1n) is 6.56. The fourth-order valence-electron chi connectivity index (χ4n) is 1.94. The summed E-state index contributed by atoms with van der Waals surface area (Å²) in [6.45, 7) is 0.718. The van der Waals surface area contributed by atoms with Gasteiger partial charge in [0.15, 0.2) is 5.16 Å². The molecule has 3 rings (SSSR count). The molecule has 0 atom stereocenters. The van der Waals surface area contributed by atoms with Gasteiger partial charge in [0.05, 0.1) is 4.92 Å². The van der Waals surface area contributed by atoms with E-state index in [-0.39, 0.29) is 5.69 Å². The van der Waals surface area contributed by atoms with Gasteiger partial charge in [-0.3, -0.25) is 10.1 Å². The van der Waals surface area contributed by atoms with E-state index < -0.39 is 4.92 Å². The highest BCUT2D eigenvalue weighted by atomic mass is 32.2. The maximum Gasteiger partial charge on any atom is 0.287 e. The van der Waals surface area contributed by atoms with Crippen LogP contribution < -0.4 is 0 Å². The summed E-state index contributed by atoms with van der Waals surface area (Å²) in [5, 5.41) is 12.1. The summed E-state index contributed by atoms with van der Waals surface area (Å²) in [6, 6.07) is 13.2. The van der Waals surface area contributed by atoms with E-state index >= 15 is 0 Å². The lowest BCUT2D eigenvalue weighted by Crippen LogP contribution is -2.00. The van der Waals surface area contributed by atoms with Gasteiger partial charge in [0, 0.05) is 25.0 Å². The normalized spacial score (nSPS) is 10.5. The number of aromatic nitrogens is 3. The molecule has 0 aliphatic carbocycles. The molecule has 0 aliphatic rings. The molecule has 0 fully saturated rings. The second kappa shape index (κ2) is 6.40. The average molecular weight is 312 g/mol. The molecule has 0 spiro atoms. The van der Waals surface area contributed by atoms with Crippen LogP contribution in [0.1, 0.15) is 5.56 Å². The molecule has 6 nitrogen and oxygen atoms in total. The van der Waals surface area contributed by atoms with E-state index in [1.165, 1.54) is 29.6 Å². The van der Waals surface area contributed by atoms with Crippen LogP contribution in [0.5, 0.6) is 0 Å². The molecule has 1 aromatic carbocycles. The van der Waals surface area contributed by atoms with Gasteiger partial charge >= 0.3 is 0 Å². The molecule has 7 heteroatoms. The van der Waals surface area contributed by atoms with Crippen molar-refractivity contribution in [3.05, 3.63) is 76.7 Å². The quantitative estimate of drug-likeness (QED) is 0.533. The molecule has 0 saturated heterocycles. The zero-order valence-electron chi connectivity index (χ0n) is 11.5. The molecule has 0 radical (unpaired) electrons.